The molecule has 2 heterocycles. The Hall–Kier alpha value is 0.140. The van der Waals surface area contributed by atoms with Crippen LogP contribution in [0.25, 0.3) is 0 Å². The third-order valence-electron chi connectivity index (χ3n) is 2.89. The molecule has 0 saturated carbocycles. The molecule has 0 aliphatic carbocycles. The summed E-state index contributed by atoms with van der Waals surface area (Å²) in [4.78, 5) is 1.48. The average Bonchev–Trinajstić information content (AvgIpc) is 2.56. The smallest absolute Gasteiger partial charge is 0.0314 e. The van der Waals surface area contributed by atoms with Gasteiger partial charge in [0.15, 0.2) is 0 Å². The molecular formula is C11H16BrNS. The quantitative estimate of drug-likeness (QED) is 0.871. The zero-order chi connectivity index (χ0) is 9.97. The van der Waals surface area contributed by atoms with E-state index in [4.69, 9.17) is 0 Å². The third kappa shape index (κ3) is 2.59. The molecule has 1 nitrogen and oxygen atoms in total. The Bertz CT molecular complexity index is 289. The van der Waals surface area contributed by atoms with E-state index in [1.54, 1.807) is 0 Å². The highest BCUT2D eigenvalue weighted by atomic mass is 79.9. The summed E-state index contributed by atoms with van der Waals surface area (Å²) in [5, 5.41) is 5.78. The van der Waals surface area contributed by atoms with E-state index in [-0.39, 0.29) is 0 Å². The molecule has 2 rings (SSSR count). The van der Waals surface area contributed by atoms with Gasteiger partial charge in [0, 0.05) is 15.4 Å². The van der Waals surface area contributed by atoms with Crippen molar-refractivity contribution in [1.82, 2.24) is 5.32 Å². The first-order chi connectivity index (χ1) is 6.75. The first-order valence-corrected chi connectivity index (χ1v) is 6.88. The van der Waals surface area contributed by atoms with Crippen LogP contribution in [0.2, 0.25) is 0 Å². The van der Waals surface area contributed by atoms with E-state index in [0.29, 0.717) is 6.04 Å². The van der Waals surface area contributed by atoms with E-state index in [9.17, 15) is 0 Å². The van der Waals surface area contributed by atoms with Crippen LogP contribution in [0.1, 0.15) is 24.6 Å². The molecule has 2 atom stereocenters. The van der Waals surface area contributed by atoms with E-state index >= 15 is 0 Å². The van der Waals surface area contributed by atoms with E-state index in [0.717, 1.165) is 5.92 Å². The van der Waals surface area contributed by atoms with Gasteiger partial charge in [-0.1, -0.05) is 6.92 Å². The summed E-state index contributed by atoms with van der Waals surface area (Å²) in [5.74, 6) is 0.859. The molecule has 1 saturated heterocycles. The van der Waals surface area contributed by atoms with Gasteiger partial charge in [-0.25, -0.2) is 0 Å². The minimum Gasteiger partial charge on any atom is -0.313 e. The second-order valence-electron chi connectivity index (χ2n) is 4.18. The van der Waals surface area contributed by atoms with E-state index in [1.165, 1.54) is 35.2 Å². The molecule has 1 aliphatic heterocycles. The highest BCUT2D eigenvalue weighted by Gasteiger charge is 2.18. The van der Waals surface area contributed by atoms with Crippen molar-refractivity contribution < 1.29 is 0 Å². The molecule has 1 N–H and O–H groups in total. The fourth-order valence-corrected chi connectivity index (χ4v) is 3.52. The summed E-state index contributed by atoms with van der Waals surface area (Å²) in [6, 6.07) is 2.84. The molecule has 0 radical (unpaired) electrons. The molecule has 14 heavy (non-hydrogen) atoms. The van der Waals surface area contributed by atoms with Crippen LogP contribution in [-0.2, 0) is 6.42 Å². The standard InChI is InChI=1S/C11H16BrNS/c1-8-2-3-9(13-7-8)6-11-10(12)4-5-14-11/h4-5,8-9,13H,2-3,6-7H2,1H3. The van der Waals surface area contributed by atoms with Gasteiger partial charge in [0.1, 0.15) is 0 Å². The number of hydrogen-bond donors (Lipinski definition) is 1. The number of hydrogen-bond acceptors (Lipinski definition) is 2. The molecule has 1 aromatic rings. The van der Waals surface area contributed by atoms with Crippen LogP contribution in [0.3, 0.4) is 0 Å². The lowest BCUT2D eigenvalue weighted by atomic mass is 9.94. The summed E-state index contributed by atoms with van der Waals surface area (Å²) < 4.78 is 1.28. The van der Waals surface area contributed by atoms with Crippen LogP contribution < -0.4 is 5.32 Å². The lowest BCUT2D eigenvalue weighted by Crippen LogP contribution is -2.39. The van der Waals surface area contributed by atoms with Crippen molar-refractivity contribution >= 4 is 27.3 Å². The van der Waals surface area contributed by atoms with E-state index in [2.05, 4.69) is 39.6 Å². The Morgan fingerprint density at radius 2 is 2.43 bits per heavy atom. The van der Waals surface area contributed by atoms with Crippen LogP contribution in [-0.4, -0.2) is 12.6 Å². The molecule has 2 unspecified atom stereocenters. The Balaban J connectivity index is 1.89. The number of rotatable bonds is 2. The predicted octanol–water partition coefficient (Wildman–Crippen LogP) is 3.44. The first-order valence-electron chi connectivity index (χ1n) is 5.21. The van der Waals surface area contributed by atoms with Gasteiger partial charge in [0.2, 0.25) is 0 Å². The number of halogens is 1. The Labute approximate surface area is 98.0 Å². The highest BCUT2D eigenvalue weighted by Crippen LogP contribution is 2.26. The zero-order valence-electron chi connectivity index (χ0n) is 8.42. The van der Waals surface area contributed by atoms with Crippen molar-refractivity contribution in [3.05, 3.63) is 20.8 Å². The van der Waals surface area contributed by atoms with E-state index in [1.807, 2.05) is 11.3 Å². The van der Waals surface area contributed by atoms with Crippen molar-refractivity contribution in [3.8, 4) is 0 Å². The maximum Gasteiger partial charge on any atom is 0.0314 e. The SMILES string of the molecule is CC1CCC(Cc2sccc2Br)NC1. The van der Waals surface area contributed by atoms with Crippen LogP contribution in [0.4, 0.5) is 0 Å². The van der Waals surface area contributed by atoms with Gasteiger partial charge >= 0.3 is 0 Å². The van der Waals surface area contributed by atoms with Crippen LogP contribution in [0.15, 0.2) is 15.9 Å². The number of thiophene rings is 1. The normalized spacial score (nSPS) is 27.9. The molecule has 1 aliphatic rings. The van der Waals surface area contributed by atoms with Crippen LogP contribution >= 0.6 is 27.3 Å². The maximum absolute atomic E-state index is 3.62. The molecule has 0 bridgehead atoms. The Kier molecular flexibility index (Phi) is 3.63. The topological polar surface area (TPSA) is 12.0 Å². The summed E-state index contributed by atoms with van der Waals surface area (Å²) in [6.45, 7) is 3.51. The second-order valence-corrected chi connectivity index (χ2v) is 6.04. The largest absolute Gasteiger partial charge is 0.313 e. The van der Waals surface area contributed by atoms with Gasteiger partial charge < -0.3 is 5.32 Å². The maximum atomic E-state index is 3.62. The van der Waals surface area contributed by atoms with Crippen molar-refractivity contribution in [2.45, 2.75) is 32.2 Å². The minimum atomic E-state index is 0.696. The molecule has 78 valence electrons. The molecular weight excluding hydrogens is 258 g/mol. The van der Waals surface area contributed by atoms with Crippen LogP contribution in [0.5, 0.6) is 0 Å². The van der Waals surface area contributed by atoms with Gasteiger partial charge in [-0.2, -0.15) is 0 Å². The molecule has 3 heteroatoms. The zero-order valence-corrected chi connectivity index (χ0v) is 10.8. The number of piperidine rings is 1. The lowest BCUT2D eigenvalue weighted by molar-refractivity contribution is 0.327. The van der Waals surface area contributed by atoms with E-state index < -0.39 is 0 Å². The fraction of sp³-hybridized carbons (Fsp3) is 0.636. The molecule has 1 fully saturated rings. The highest BCUT2D eigenvalue weighted by molar-refractivity contribution is 9.10. The summed E-state index contributed by atoms with van der Waals surface area (Å²) in [5.41, 5.74) is 0. The fourth-order valence-electron chi connectivity index (χ4n) is 1.93. The lowest BCUT2D eigenvalue weighted by Gasteiger charge is -2.27. The molecule has 0 spiro atoms. The summed E-state index contributed by atoms with van der Waals surface area (Å²) in [7, 11) is 0. The molecule has 0 aromatic carbocycles. The second kappa shape index (κ2) is 4.77. The minimum absolute atomic E-state index is 0.696. The first kappa shape index (κ1) is 10.7. The Morgan fingerprint density at radius 3 is 3.00 bits per heavy atom. The summed E-state index contributed by atoms with van der Waals surface area (Å²) >= 11 is 5.44. The molecule has 1 aromatic heterocycles. The predicted molar refractivity (Wildman–Crippen MR) is 65.9 cm³/mol. The van der Waals surface area contributed by atoms with Crippen molar-refractivity contribution in [1.29, 1.82) is 0 Å². The van der Waals surface area contributed by atoms with Crippen LogP contribution in [0, 0.1) is 5.92 Å². The summed E-state index contributed by atoms with van der Waals surface area (Å²) in [6.07, 6.45) is 3.89. The van der Waals surface area contributed by atoms with Gasteiger partial charge in [-0.3, -0.25) is 0 Å². The van der Waals surface area contributed by atoms with Gasteiger partial charge in [-0.05, 0) is 59.1 Å². The Morgan fingerprint density at radius 1 is 1.57 bits per heavy atom. The van der Waals surface area contributed by atoms with Gasteiger partial charge in [0.05, 0.1) is 0 Å². The van der Waals surface area contributed by atoms with Gasteiger partial charge in [0.25, 0.3) is 0 Å². The number of nitrogens with one attached hydrogen (secondary N) is 1. The molecule has 0 amide bonds. The van der Waals surface area contributed by atoms with Crippen molar-refractivity contribution in [2.24, 2.45) is 5.92 Å². The third-order valence-corrected chi connectivity index (χ3v) is 4.83. The van der Waals surface area contributed by atoms with Crippen molar-refractivity contribution in [3.63, 3.8) is 0 Å². The monoisotopic (exact) mass is 273 g/mol. The average molecular weight is 274 g/mol. The van der Waals surface area contributed by atoms with Crippen molar-refractivity contribution in [2.75, 3.05) is 6.54 Å². The van der Waals surface area contributed by atoms with Gasteiger partial charge in [-0.15, -0.1) is 11.3 Å².